The molecule has 0 aliphatic carbocycles. The molecule has 1 rings (SSSR count). The summed E-state index contributed by atoms with van der Waals surface area (Å²) in [4.78, 5) is 11.4. The maximum absolute atomic E-state index is 11.4. The normalized spacial score (nSPS) is 8.73. The molecule has 3 N–H and O–H groups in total. The smallest absolute Gasteiger partial charge is 0.251 e. The Morgan fingerprint density at radius 3 is 2.40 bits per heavy atom. The number of nitrogens with two attached hydrogens (primary N) is 1. The average molecular weight is 208 g/mol. The highest BCUT2D eigenvalue weighted by molar-refractivity contribution is 5.94. The zero-order valence-corrected chi connectivity index (χ0v) is 9.49. The maximum atomic E-state index is 11.4. The fourth-order valence-electron chi connectivity index (χ4n) is 0.996. The number of nitrogens with one attached hydrogen (secondary N) is 1. The van der Waals surface area contributed by atoms with E-state index in [1.807, 2.05) is 32.0 Å². The van der Waals surface area contributed by atoms with Gasteiger partial charge in [0.1, 0.15) is 0 Å². The van der Waals surface area contributed by atoms with E-state index >= 15 is 0 Å². The van der Waals surface area contributed by atoms with E-state index in [2.05, 4.69) is 5.32 Å². The van der Waals surface area contributed by atoms with Gasteiger partial charge in [-0.25, -0.2) is 0 Å². The Morgan fingerprint density at radius 2 is 1.87 bits per heavy atom. The lowest BCUT2D eigenvalue weighted by Crippen LogP contribution is -2.25. The Hall–Kier alpha value is -1.35. The average Bonchev–Trinajstić information content (AvgIpc) is 2.33. The van der Waals surface area contributed by atoms with Gasteiger partial charge in [-0.3, -0.25) is 4.79 Å². The van der Waals surface area contributed by atoms with Gasteiger partial charge in [0.15, 0.2) is 0 Å². The van der Waals surface area contributed by atoms with Gasteiger partial charge in [-0.05, 0) is 25.1 Å². The highest BCUT2D eigenvalue weighted by Crippen LogP contribution is 1.97. The lowest BCUT2D eigenvalue weighted by atomic mass is 10.2. The van der Waals surface area contributed by atoms with Crippen LogP contribution in [0.1, 0.15) is 30.6 Å². The van der Waals surface area contributed by atoms with Crippen molar-refractivity contribution < 1.29 is 4.79 Å². The van der Waals surface area contributed by atoms with E-state index in [1.54, 1.807) is 12.1 Å². The molecule has 0 saturated carbocycles. The molecule has 0 aromatic heterocycles. The predicted octanol–water partition coefficient (Wildman–Crippen LogP) is 1.79. The lowest BCUT2D eigenvalue weighted by molar-refractivity contribution is 0.0953. The van der Waals surface area contributed by atoms with E-state index < -0.39 is 0 Å². The fraction of sp³-hybridized carbons (Fsp3) is 0.417. The molecule has 3 heteroatoms. The molecule has 84 valence electrons. The molecule has 0 aliphatic heterocycles. The summed E-state index contributed by atoms with van der Waals surface area (Å²) < 4.78 is 0. The standard InChI is InChI=1S/C10H14N2O.C2H6/c11-7-4-8-12-10(13)9-5-2-1-3-6-9;1-2/h1-3,5-6H,4,7-8,11H2,(H,12,13);1-2H3. The molecule has 1 aromatic rings. The number of rotatable bonds is 4. The van der Waals surface area contributed by atoms with Crippen molar-refractivity contribution in [2.75, 3.05) is 13.1 Å². The Labute approximate surface area is 91.7 Å². The molecule has 15 heavy (non-hydrogen) atoms. The summed E-state index contributed by atoms with van der Waals surface area (Å²) in [6, 6.07) is 9.15. The first-order chi connectivity index (χ1) is 7.34. The van der Waals surface area contributed by atoms with Crippen LogP contribution < -0.4 is 11.1 Å². The monoisotopic (exact) mass is 208 g/mol. The lowest BCUT2D eigenvalue weighted by Gasteiger charge is -2.02. The molecule has 0 bridgehead atoms. The molecule has 0 fully saturated rings. The topological polar surface area (TPSA) is 55.1 Å². The summed E-state index contributed by atoms with van der Waals surface area (Å²) >= 11 is 0. The molecule has 0 heterocycles. The summed E-state index contributed by atoms with van der Waals surface area (Å²) in [5.41, 5.74) is 6.00. The first-order valence-corrected chi connectivity index (χ1v) is 5.38. The van der Waals surface area contributed by atoms with Crippen LogP contribution in [0, 0.1) is 0 Å². The Bertz CT molecular complexity index is 260. The van der Waals surface area contributed by atoms with E-state index in [4.69, 9.17) is 5.73 Å². The molecule has 0 atom stereocenters. The first-order valence-electron chi connectivity index (χ1n) is 5.38. The third kappa shape index (κ3) is 5.86. The number of benzene rings is 1. The van der Waals surface area contributed by atoms with Crippen LogP contribution in [0.2, 0.25) is 0 Å². The van der Waals surface area contributed by atoms with Crippen LogP contribution in [-0.2, 0) is 0 Å². The second kappa shape index (κ2) is 9.21. The predicted molar refractivity (Wildman–Crippen MR) is 63.8 cm³/mol. The van der Waals surface area contributed by atoms with Gasteiger partial charge in [0.25, 0.3) is 5.91 Å². The molecule has 0 aliphatic rings. The molecule has 1 amide bonds. The van der Waals surface area contributed by atoms with Crippen LogP contribution in [-0.4, -0.2) is 19.0 Å². The van der Waals surface area contributed by atoms with Crippen molar-refractivity contribution in [3.05, 3.63) is 35.9 Å². The maximum Gasteiger partial charge on any atom is 0.251 e. The van der Waals surface area contributed by atoms with Crippen molar-refractivity contribution >= 4 is 5.91 Å². The van der Waals surface area contributed by atoms with E-state index in [1.165, 1.54) is 0 Å². The molecule has 0 radical (unpaired) electrons. The van der Waals surface area contributed by atoms with Gasteiger partial charge in [-0.1, -0.05) is 32.0 Å². The summed E-state index contributed by atoms with van der Waals surface area (Å²) in [6.07, 6.45) is 0.818. The zero-order valence-electron chi connectivity index (χ0n) is 9.49. The van der Waals surface area contributed by atoms with Crippen LogP contribution >= 0.6 is 0 Å². The third-order valence-electron chi connectivity index (χ3n) is 1.70. The van der Waals surface area contributed by atoms with E-state index in [0.717, 1.165) is 6.42 Å². The minimum atomic E-state index is -0.0333. The minimum absolute atomic E-state index is 0.0333. The van der Waals surface area contributed by atoms with Gasteiger partial charge in [0.05, 0.1) is 0 Å². The van der Waals surface area contributed by atoms with Gasteiger partial charge >= 0.3 is 0 Å². The van der Waals surface area contributed by atoms with Gasteiger partial charge < -0.3 is 11.1 Å². The van der Waals surface area contributed by atoms with Gasteiger partial charge in [-0.2, -0.15) is 0 Å². The summed E-state index contributed by atoms with van der Waals surface area (Å²) in [5, 5.41) is 2.78. The molecule has 0 saturated heterocycles. The van der Waals surface area contributed by atoms with Crippen molar-refractivity contribution in [2.45, 2.75) is 20.3 Å². The molecular weight excluding hydrogens is 188 g/mol. The van der Waals surface area contributed by atoms with Gasteiger partial charge in [0, 0.05) is 12.1 Å². The Morgan fingerprint density at radius 1 is 1.27 bits per heavy atom. The summed E-state index contributed by atoms with van der Waals surface area (Å²) in [5.74, 6) is -0.0333. The van der Waals surface area contributed by atoms with Crippen LogP contribution in [0.15, 0.2) is 30.3 Å². The fourth-order valence-corrected chi connectivity index (χ4v) is 0.996. The second-order valence-corrected chi connectivity index (χ2v) is 2.76. The number of carbonyl (C=O) groups is 1. The number of hydrogen-bond acceptors (Lipinski definition) is 2. The van der Waals surface area contributed by atoms with E-state index in [9.17, 15) is 4.79 Å². The molecule has 1 aromatic carbocycles. The molecular formula is C12H20N2O. The molecule has 0 unspecified atom stereocenters. The van der Waals surface area contributed by atoms with Gasteiger partial charge in [-0.15, -0.1) is 0 Å². The van der Waals surface area contributed by atoms with Crippen molar-refractivity contribution in [1.29, 1.82) is 0 Å². The van der Waals surface area contributed by atoms with Crippen molar-refractivity contribution in [3.8, 4) is 0 Å². The van der Waals surface area contributed by atoms with Crippen LogP contribution in [0.25, 0.3) is 0 Å². The minimum Gasteiger partial charge on any atom is -0.352 e. The second-order valence-electron chi connectivity index (χ2n) is 2.76. The number of amides is 1. The van der Waals surface area contributed by atoms with E-state index in [0.29, 0.717) is 18.7 Å². The van der Waals surface area contributed by atoms with Crippen molar-refractivity contribution in [3.63, 3.8) is 0 Å². The van der Waals surface area contributed by atoms with Crippen LogP contribution in [0.3, 0.4) is 0 Å². The first kappa shape index (κ1) is 13.7. The van der Waals surface area contributed by atoms with Crippen molar-refractivity contribution in [2.24, 2.45) is 5.73 Å². The van der Waals surface area contributed by atoms with Gasteiger partial charge in [0.2, 0.25) is 0 Å². The Balaban J connectivity index is 0.000000921. The SMILES string of the molecule is CC.NCCCNC(=O)c1ccccc1. The Kier molecular flexibility index (Phi) is 8.39. The highest BCUT2D eigenvalue weighted by Gasteiger charge is 2.01. The van der Waals surface area contributed by atoms with E-state index in [-0.39, 0.29) is 5.91 Å². The van der Waals surface area contributed by atoms with Crippen LogP contribution in [0.5, 0.6) is 0 Å². The zero-order chi connectivity index (χ0) is 11.5. The number of hydrogen-bond donors (Lipinski definition) is 2. The third-order valence-corrected chi connectivity index (χ3v) is 1.70. The van der Waals surface area contributed by atoms with Crippen LogP contribution in [0.4, 0.5) is 0 Å². The molecule has 3 nitrogen and oxygen atoms in total. The van der Waals surface area contributed by atoms with Crippen molar-refractivity contribution in [1.82, 2.24) is 5.32 Å². The largest absolute Gasteiger partial charge is 0.352 e. The summed E-state index contributed by atoms with van der Waals surface area (Å²) in [7, 11) is 0. The number of carbonyl (C=O) groups excluding carboxylic acids is 1. The highest BCUT2D eigenvalue weighted by atomic mass is 16.1. The molecule has 0 spiro atoms. The quantitative estimate of drug-likeness (QED) is 0.741. The summed E-state index contributed by atoms with van der Waals surface area (Å²) in [6.45, 7) is 5.25.